The number of amides is 2. The molecular weight excluding hydrogens is 252 g/mol. The molecule has 0 unspecified atom stereocenters. The second-order valence-electron chi connectivity index (χ2n) is 4.68. The number of hydrogen-bond acceptors (Lipinski definition) is 2. The molecule has 4 nitrogen and oxygen atoms in total. The van der Waals surface area contributed by atoms with E-state index in [4.69, 9.17) is 0 Å². The molecule has 0 spiro atoms. The van der Waals surface area contributed by atoms with Crippen molar-refractivity contribution in [1.82, 2.24) is 10.6 Å². The van der Waals surface area contributed by atoms with Gasteiger partial charge in [-0.2, -0.15) is 0 Å². The van der Waals surface area contributed by atoms with E-state index in [0.29, 0.717) is 0 Å². The molecular formula is C16H34N2O2. The smallest absolute Gasteiger partial charge is 0.207 e. The van der Waals surface area contributed by atoms with Crippen LogP contribution >= 0.6 is 0 Å². The van der Waals surface area contributed by atoms with Gasteiger partial charge in [-0.1, -0.05) is 65.2 Å². The van der Waals surface area contributed by atoms with Crippen molar-refractivity contribution in [3.8, 4) is 0 Å². The van der Waals surface area contributed by atoms with Crippen LogP contribution in [-0.2, 0) is 9.59 Å². The van der Waals surface area contributed by atoms with Gasteiger partial charge in [0.1, 0.15) is 0 Å². The maximum atomic E-state index is 9.99. The first-order valence-electron chi connectivity index (χ1n) is 8.26. The Kier molecular flexibility index (Phi) is 24.5. The zero-order valence-electron chi connectivity index (χ0n) is 13.5. The first-order valence-corrected chi connectivity index (χ1v) is 8.26. The minimum atomic E-state index is 0.768. The Hall–Kier alpha value is -1.06. The van der Waals surface area contributed by atoms with Crippen LogP contribution in [-0.4, -0.2) is 25.9 Å². The van der Waals surface area contributed by atoms with E-state index >= 15 is 0 Å². The summed E-state index contributed by atoms with van der Waals surface area (Å²) in [4.78, 5) is 20.0. The monoisotopic (exact) mass is 286 g/mol. The molecule has 0 saturated heterocycles. The molecule has 0 aromatic heterocycles. The molecule has 0 fully saturated rings. The summed E-state index contributed by atoms with van der Waals surface area (Å²) in [6, 6.07) is 0. The normalized spacial score (nSPS) is 9.30. The van der Waals surface area contributed by atoms with Crippen molar-refractivity contribution < 1.29 is 9.59 Å². The van der Waals surface area contributed by atoms with Gasteiger partial charge in [-0.3, -0.25) is 9.59 Å². The van der Waals surface area contributed by atoms with Crippen LogP contribution in [0.4, 0.5) is 0 Å². The second kappa shape index (κ2) is 23.1. The van der Waals surface area contributed by atoms with Crippen LogP contribution < -0.4 is 10.6 Å². The van der Waals surface area contributed by atoms with E-state index in [1.165, 1.54) is 51.4 Å². The van der Waals surface area contributed by atoms with Crippen LogP contribution in [0.2, 0.25) is 0 Å². The summed E-state index contributed by atoms with van der Waals surface area (Å²) in [6.07, 6.45) is 14.0. The highest BCUT2D eigenvalue weighted by Crippen LogP contribution is 2.10. The van der Waals surface area contributed by atoms with Crippen molar-refractivity contribution in [2.24, 2.45) is 0 Å². The summed E-state index contributed by atoms with van der Waals surface area (Å²) >= 11 is 0. The van der Waals surface area contributed by atoms with Crippen molar-refractivity contribution in [3.05, 3.63) is 0 Å². The summed E-state index contributed by atoms with van der Waals surface area (Å²) < 4.78 is 0. The lowest BCUT2D eigenvalue weighted by Crippen LogP contribution is -2.11. The molecule has 120 valence electrons. The highest BCUT2D eigenvalue weighted by Gasteiger charge is 1.93. The summed E-state index contributed by atoms with van der Waals surface area (Å²) in [7, 11) is 0. The van der Waals surface area contributed by atoms with E-state index in [0.717, 1.165) is 38.8 Å². The minimum absolute atomic E-state index is 0.768. The predicted octanol–water partition coefficient (Wildman–Crippen LogP) is 3.41. The zero-order chi connectivity index (χ0) is 15.3. The third-order valence-electron chi connectivity index (χ3n) is 3.06. The number of carbonyl (C=O) groups excluding carboxylic acids is 2. The molecule has 0 heterocycles. The average Bonchev–Trinajstić information content (AvgIpc) is 2.50. The molecule has 0 aliphatic heterocycles. The Bertz CT molecular complexity index is 167. The van der Waals surface area contributed by atoms with Gasteiger partial charge < -0.3 is 10.6 Å². The van der Waals surface area contributed by atoms with Gasteiger partial charge >= 0.3 is 0 Å². The topological polar surface area (TPSA) is 58.2 Å². The fourth-order valence-corrected chi connectivity index (χ4v) is 1.99. The lowest BCUT2D eigenvalue weighted by atomic mass is 10.1. The predicted molar refractivity (Wildman–Crippen MR) is 85.7 cm³/mol. The Balaban J connectivity index is 0. The van der Waals surface area contributed by atoms with Crippen LogP contribution in [0, 0.1) is 0 Å². The van der Waals surface area contributed by atoms with E-state index in [9.17, 15) is 9.59 Å². The Morgan fingerprint density at radius 2 is 0.800 bits per heavy atom. The van der Waals surface area contributed by atoms with Crippen LogP contribution in [0.25, 0.3) is 0 Å². The molecule has 20 heavy (non-hydrogen) atoms. The van der Waals surface area contributed by atoms with Crippen LogP contribution in [0.3, 0.4) is 0 Å². The molecule has 0 rings (SSSR count). The Morgan fingerprint density at radius 3 is 1.05 bits per heavy atom. The number of hydrogen-bond donors (Lipinski definition) is 2. The van der Waals surface area contributed by atoms with Crippen molar-refractivity contribution in [2.45, 2.75) is 78.1 Å². The fraction of sp³-hybridized carbons (Fsp3) is 0.875. The van der Waals surface area contributed by atoms with Crippen LogP contribution in [0.15, 0.2) is 0 Å². The summed E-state index contributed by atoms with van der Waals surface area (Å²) in [5.41, 5.74) is 0. The van der Waals surface area contributed by atoms with E-state index in [1.807, 2.05) is 13.8 Å². The van der Waals surface area contributed by atoms with Crippen molar-refractivity contribution in [1.29, 1.82) is 0 Å². The summed E-state index contributed by atoms with van der Waals surface area (Å²) in [6.45, 7) is 5.64. The number of rotatable bonds is 15. The molecule has 0 radical (unpaired) electrons. The fourth-order valence-electron chi connectivity index (χ4n) is 1.99. The first kappa shape index (κ1) is 21.2. The van der Waals surface area contributed by atoms with Crippen molar-refractivity contribution >= 4 is 12.8 Å². The van der Waals surface area contributed by atoms with Gasteiger partial charge in [-0.05, 0) is 12.8 Å². The highest BCUT2D eigenvalue weighted by molar-refractivity contribution is 5.45. The van der Waals surface area contributed by atoms with Gasteiger partial charge in [0, 0.05) is 13.1 Å². The number of unbranched alkanes of at least 4 members (excludes halogenated alkanes) is 9. The molecule has 0 aromatic rings. The summed E-state index contributed by atoms with van der Waals surface area (Å²) in [5, 5.41) is 5.36. The summed E-state index contributed by atoms with van der Waals surface area (Å²) in [5.74, 6) is 0. The van der Waals surface area contributed by atoms with Crippen LogP contribution in [0.5, 0.6) is 0 Å². The first-order chi connectivity index (χ1) is 9.91. The highest BCUT2D eigenvalue weighted by atomic mass is 16.1. The molecule has 0 saturated carbocycles. The number of nitrogens with one attached hydrogen (secondary N) is 2. The third-order valence-corrected chi connectivity index (χ3v) is 3.06. The van der Waals surface area contributed by atoms with Crippen molar-refractivity contribution in [2.75, 3.05) is 13.1 Å². The molecule has 2 amide bonds. The van der Waals surface area contributed by atoms with Gasteiger partial charge in [-0.25, -0.2) is 0 Å². The van der Waals surface area contributed by atoms with Crippen LogP contribution in [0.1, 0.15) is 78.1 Å². The molecule has 0 aliphatic rings. The van der Waals surface area contributed by atoms with Gasteiger partial charge in [0.15, 0.2) is 0 Å². The SMILES string of the molecule is CC.O=CNCCCCCCCCCCCCNC=O. The van der Waals surface area contributed by atoms with Gasteiger partial charge in [0.05, 0.1) is 0 Å². The largest absolute Gasteiger partial charge is 0.359 e. The quantitative estimate of drug-likeness (QED) is 0.358. The Morgan fingerprint density at radius 1 is 0.550 bits per heavy atom. The van der Waals surface area contributed by atoms with E-state index < -0.39 is 0 Å². The number of carbonyl (C=O) groups is 2. The van der Waals surface area contributed by atoms with Crippen molar-refractivity contribution in [3.63, 3.8) is 0 Å². The third kappa shape index (κ3) is 22.1. The van der Waals surface area contributed by atoms with Gasteiger partial charge in [0.25, 0.3) is 0 Å². The second-order valence-corrected chi connectivity index (χ2v) is 4.68. The lowest BCUT2D eigenvalue weighted by Gasteiger charge is -2.02. The molecule has 0 aromatic carbocycles. The van der Waals surface area contributed by atoms with Gasteiger partial charge in [0.2, 0.25) is 12.8 Å². The van der Waals surface area contributed by atoms with E-state index in [-0.39, 0.29) is 0 Å². The molecule has 0 aliphatic carbocycles. The average molecular weight is 286 g/mol. The van der Waals surface area contributed by atoms with E-state index in [1.54, 1.807) is 0 Å². The molecule has 0 atom stereocenters. The van der Waals surface area contributed by atoms with Gasteiger partial charge in [-0.15, -0.1) is 0 Å². The Labute approximate surface area is 125 Å². The standard InChI is InChI=1S/C14H28N2O2.C2H6/c17-13-15-11-9-7-5-3-1-2-4-6-8-10-12-16-14-18;1-2/h13-14H,1-12H2,(H,15,17)(H,16,18);1-2H3. The lowest BCUT2D eigenvalue weighted by molar-refractivity contribution is -0.110. The van der Waals surface area contributed by atoms with E-state index in [2.05, 4.69) is 10.6 Å². The molecule has 2 N–H and O–H groups in total. The zero-order valence-corrected chi connectivity index (χ0v) is 13.5. The maximum Gasteiger partial charge on any atom is 0.207 e. The molecule has 0 bridgehead atoms. The minimum Gasteiger partial charge on any atom is -0.359 e. The maximum absolute atomic E-state index is 9.99. The molecule has 4 heteroatoms.